The number of ether oxygens (including phenoxy) is 2. The average Bonchev–Trinajstić information content (AvgIpc) is 3.19. The van der Waals surface area contributed by atoms with E-state index in [0.717, 1.165) is 44.6 Å². The molecule has 0 saturated carbocycles. The van der Waals surface area contributed by atoms with Gasteiger partial charge in [-0.25, -0.2) is 4.39 Å². The van der Waals surface area contributed by atoms with E-state index in [-0.39, 0.29) is 41.4 Å². The summed E-state index contributed by atoms with van der Waals surface area (Å²) >= 11 is 2.02. The molecule has 0 aliphatic carbocycles. The van der Waals surface area contributed by atoms with Gasteiger partial charge in [0.05, 0.1) is 19.8 Å². The minimum Gasteiger partial charge on any atom is -0.489 e. The molecule has 1 aromatic rings. The van der Waals surface area contributed by atoms with E-state index < -0.39 is 0 Å². The van der Waals surface area contributed by atoms with Crippen molar-refractivity contribution < 1.29 is 13.9 Å². The largest absolute Gasteiger partial charge is 0.489 e. The Kier molecular flexibility index (Phi) is 10.3. The predicted molar refractivity (Wildman–Crippen MR) is 128 cm³/mol. The number of rotatable bonds is 7. The Morgan fingerprint density at radius 1 is 1.38 bits per heavy atom. The van der Waals surface area contributed by atoms with E-state index in [1.165, 1.54) is 24.3 Å². The fraction of sp³-hybridized carbons (Fsp3) is 0.650. The van der Waals surface area contributed by atoms with E-state index in [9.17, 15) is 4.39 Å². The van der Waals surface area contributed by atoms with E-state index in [4.69, 9.17) is 9.47 Å². The third kappa shape index (κ3) is 7.15. The van der Waals surface area contributed by atoms with E-state index >= 15 is 0 Å². The fourth-order valence-corrected chi connectivity index (χ4v) is 5.14. The molecule has 29 heavy (non-hydrogen) atoms. The Morgan fingerprint density at radius 2 is 2.17 bits per heavy atom. The van der Waals surface area contributed by atoms with Crippen molar-refractivity contribution in [2.24, 2.45) is 4.99 Å². The monoisotopic (exact) mass is 538 g/mol. The molecule has 2 unspecified atom stereocenters. The standard InChI is InChI=1S/C20H31FN4O2S.HI/c1-16(27-18-5-3-4-17(21)12-18)13-23-19(22-2)24-14-20(6-11-28-15-20)25-7-9-26-10-8-25;/h3-5,12,16H,6-11,13-15H2,1-2H3,(H2,22,23,24);1H. The molecular formula is C20H32FIN4O2S. The van der Waals surface area contributed by atoms with Gasteiger partial charge in [0.15, 0.2) is 5.96 Å². The third-order valence-corrected chi connectivity index (χ3v) is 6.50. The number of halogens is 2. The van der Waals surface area contributed by atoms with Gasteiger partial charge in [0.1, 0.15) is 17.7 Å². The summed E-state index contributed by atoms with van der Waals surface area (Å²) in [7, 11) is 1.78. The number of hydrogen-bond donors (Lipinski definition) is 2. The summed E-state index contributed by atoms with van der Waals surface area (Å²) in [6.45, 7) is 7.00. The zero-order valence-electron chi connectivity index (χ0n) is 17.2. The minimum absolute atomic E-state index is 0. The number of benzene rings is 1. The van der Waals surface area contributed by atoms with Crippen molar-refractivity contribution in [1.29, 1.82) is 0 Å². The molecule has 1 aromatic carbocycles. The van der Waals surface area contributed by atoms with E-state index in [0.29, 0.717) is 12.3 Å². The number of nitrogens with one attached hydrogen (secondary N) is 2. The second-order valence-corrected chi connectivity index (χ2v) is 8.42. The van der Waals surface area contributed by atoms with Crippen LogP contribution in [0.2, 0.25) is 0 Å². The van der Waals surface area contributed by atoms with Gasteiger partial charge in [0.25, 0.3) is 0 Å². The molecule has 3 rings (SSSR count). The van der Waals surface area contributed by atoms with Gasteiger partial charge in [-0.15, -0.1) is 24.0 Å². The lowest BCUT2D eigenvalue weighted by molar-refractivity contribution is -0.0120. The van der Waals surface area contributed by atoms with Gasteiger partial charge >= 0.3 is 0 Å². The summed E-state index contributed by atoms with van der Waals surface area (Å²) in [4.78, 5) is 6.92. The van der Waals surface area contributed by atoms with Crippen LogP contribution in [0.4, 0.5) is 4.39 Å². The van der Waals surface area contributed by atoms with Crippen LogP contribution in [0.1, 0.15) is 13.3 Å². The van der Waals surface area contributed by atoms with Gasteiger partial charge < -0.3 is 20.1 Å². The van der Waals surface area contributed by atoms with E-state index in [2.05, 4.69) is 20.5 Å². The van der Waals surface area contributed by atoms with Crippen molar-refractivity contribution in [3.8, 4) is 5.75 Å². The molecular weight excluding hydrogens is 506 g/mol. The van der Waals surface area contributed by atoms with Gasteiger partial charge in [0.2, 0.25) is 0 Å². The summed E-state index contributed by atoms with van der Waals surface area (Å²) in [5, 5.41) is 6.82. The number of morpholine rings is 1. The maximum Gasteiger partial charge on any atom is 0.191 e. The summed E-state index contributed by atoms with van der Waals surface area (Å²) in [5.41, 5.74) is 0.162. The zero-order chi connectivity index (χ0) is 19.8. The Balaban J connectivity index is 0.00000300. The highest BCUT2D eigenvalue weighted by Gasteiger charge is 2.40. The Bertz CT molecular complexity index is 655. The first-order valence-corrected chi connectivity index (χ1v) is 11.0. The van der Waals surface area contributed by atoms with Crippen LogP contribution in [0.3, 0.4) is 0 Å². The molecule has 9 heteroatoms. The SMILES string of the molecule is CN=C(NCC(C)Oc1cccc(F)c1)NCC1(N2CCOCC2)CCSC1.I. The predicted octanol–water partition coefficient (Wildman–Crippen LogP) is 2.58. The van der Waals surface area contributed by atoms with E-state index in [1.807, 2.05) is 18.7 Å². The first-order valence-electron chi connectivity index (χ1n) is 9.89. The fourth-order valence-electron chi connectivity index (χ4n) is 3.66. The maximum atomic E-state index is 13.3. The molecule has 0 aromatic heterocycles. The highest BCUT2D eigenvalue weighted by molar-refractivity contribution is 14.0. The lowest BCUT2D eigenvalue weighted by Crippen LogP contribution is -2.60. The first-order chi connectivity index (χ1) is 13.6. The molecule has 2 aliphatic heterocycles. The topological polar surface area (TPSA) is 58.1 Å². The number of guanidine groups is 1. The summed E-state index contributed by atoms with van der Waals surface area (Å²) < 4.78 is 24.6. The van der Waals surface area contributed by atoms with Crippen LogP contribution in [0.15, 0.2) is 29.3 Å². The quantitative estimate of drug-likeness (QED) is 0.317. The van der Waals surface area contributed by atoms with Crippen molar-refractivity contribution in [3.63, 3.8) is 0 Å². The van der Waals surface area contributed by atoms with Crippen LogP contribution >= 0.6 is 35.7 Å². The Morgan fingerprint density at radius 3 is 2.83 bits per heavy atom. The van der Waals surface area contributed by atoms with Gasteiger partial charge in [-0.2, -0.15) is 11.8 Å². The number of thioether (sulfide) groups is 1. The normalized spacial score (nSPS) is 23.9. The average molecular weight is 538 g/mol. The van der Waals surface area contributed by atoms with Crippen molar-refractivity contribution in [2.45, 2.75) is 25.0 Å². The molecule has 2 fully saturated rings. The Hall–Kier alpha value is -0.780. The maximum absolute atomic E-state index is 13.3. The molecule has 2 saturated heterocycles. The van der Waals surface area contributed by atoms with E-state index in [1.54, 1.807) is 19.2 Å². The number of hydrogen-bond acceptors (Lipinski definition) is 5. The van der Waals surface area contributed by atoms with Crippen LogP contribution in [0.5, 0.6) is 5.75 Å². The summed E-state index contributed by atoms with van der Waals surface area (Å²) in [6.07, 6.45) is 1.07. The highest BCUT2D eigenvalue weighted by Crippen LogP contribution is 2.33. The number of aliphatic imine (C=N–C) groups is 1. The molecule has 0 radical (unpaired) electrons. The first kappa shape index (κ1) is 24.5. The van der Waals surface area contributed by atoms with Gasteiger partial charge in [-0.05, 0) is 31.2 Å². The van der Waals surface area contributed by atoms with Crippen molar-refractivity contribution in [1.82, 2.24) is 15.5 Å². The van der Waals surface area contributed by atoms with Crippen molar-refractivity contribution in [3.05, 3.63) is 30.1 Å². The molecule has 2 aliphatic rings. The lowest BCUT2D eigenvalue weighted by Gasteiger charge is -2.43. The van der Waals surface area contributed by atoms with Crippen molar-refractivity contribution >= 4 is 41.7 Å². The molecule has 0 bridgehead atoms. The number of nitrogens with zero attached hydrogens (tertiary/aromatic N) is 2. The van der Waals surface area contributed by atoms with Crippen LogP contribution in [0, 0.1) is 5.82 Å². The van der Waals surface area contributed by atoms with Gasteiger partial charge in [0, 0.05) is 44.0 Å². The summed E-state index contributed by atoms with van der Waals surface area (Å²) in [6, 6.07) is 6.22. The van der Waals surface area contributed by atoms with Crippen LogP contribution in [0.25, 0.3) is 0 Å². The third-order valence-electron chi connectivity index (χ3n) is 5.26. The molecule has 164 valence electrons. The molecule has 2 heterocycles. The molecule has 2 atom stereocenters. The van der Waals surface area contributed by atoms with Crippen LogP contribution < -0.4 is 15.4 Å². The van der Waals surface area contributed by atoms with Crippen molar-refractivity contribution in [2.75, 3.05) is 57.9 Å². The smallest absolute Gasteiger partial charge is 0.191 e. The Labute approximate surface area is 194 Å². The second-order valence-electron chi connectivity index (χ2n) is 7.32. The minimum atomic E-state index is -0.294. The van der Waals surface area contributed by atoms with Gasteiger partial charge in [-0.3, -0.25) is 9.89 Å². The molecule has 6 nitrogen and oxygen atoms in total. The molecule has 0 amide bonds. The lowest BCUT2D eigenvalue weighted by atomic mass is 9.95. The zero-order valence-corrected chi connectivity index (χ0v) is 20.3. The van der Waals surface area contributed by atoms with Crippen LogP contribution in [-0.2, 0) is 4.74 Å². The van der Waals surface area contributed by atoms with Gasteiger partial charge in [-0.1, -0.05) is 6.07 Å². The highest BCUT2D eigenvalue weighted by atomic mass is 127. The molecule has 2 N–H and O–H groups in total. The molecule has 0 spiro atoms. The summed E-state index contributed by atoms with van der Waals surface area (Å²) in [5.74, 6) is 3.34. The second kappa shape index (κ2) is 12.2. The van der Waals surface area contributed by atoms with Crippen LogP contribution in [-0.4, -0.2) is 80.4 Å².